The molecule has 1 rings (SSSR count). The molecule has 0 saturated heterocycles. The van der Waals surface area contributed by atoms with E-state index >= 15 is 0 Å². The van der Waals surface area contributed by atoms with Crippen molar-refractivity contribution in [3.8, 4) is 5.75 Å². The van der Waals surface area contributed by atoms with Crippen molar-refractivity contribution < 1.29 is 13.2 Å². The van der Waals surface area contributed by atoms with Gasteiger partial charge in [0.1, 0.15) is 10.4 Å². The molecular weight excluding hydrogens is 282 g/mol. The van der Waals surface area contributed by atoms with Crippen molar-refractivity contribution in [2.24, 2.45) is 0 Å². The molecule has 0 amide bonds. The number of aryl methyl sites for hydroxylation is 1. The second-order valence-electron chi connectivity index (χ2n) is 3.01. The lowest BCUT2D eigenvalue weighted by Crippen LogP contribution is -2.13. The van der Waals surface area contributed by atoms with Gasteiger partial charge in [0.15, 0.2) is 0 Å². The van der Waals surface area contributed by atoms with Gasteiger partial charge in [-0.05, 0) is 30.7 Å². The molecule has 0 spiro atoms. The molecule has 0 radical (unpaired) electrons. The minimum absolute atomic E-state index is 0.120. The van der Waals surface area contributed by atoms with E-state index in [1.54, 1.807) is 25.3 Å². The standard InChI is InChI=1S/C9H12BrNO3S/c1-7-5-8(14-2)3-4-9(7)11-15(12,13)6-10/h3-5,11H,6H2,1-2H3. The van der Waals surface area contributed by atoms with E-state index in [4.69, 9.17) is 4.74 Å². The molecule has 0 fully saturated rings. The van der Waals surface area contributed by atoms with Crippen LogP contribution in [0.25, 0.3) is 0 Å². The second-order valence-corrected chi connectivity index (χ2v) is 6.03. The average molecular weight is 294 g/mol. The van der Waals surface area contributed by atoms with Gasteiger partial charge in [0.05, 0.1) is 12.8 Å². The highest BCUT2D eigenvalue weighted by atomic mass is 79.9. The lowest BCUT2D eigenvalue weighted by Gasteiger charge is -2.09. The Balaban J connectivity index is 2.97. The molecule has 0 heterocycles. The van der Waals surface area contributed by atoms with Crippen LogP contribution in [0.2, 0.25) is 0 Å². The Hall–Kier alpha value is -0.750. The summed E-state index contributed by atoms with van der Waals surface area (Å²) in [6.45, 7) is 1.81. The molecule has 0 bridgehead atoms. The molecule has 1 aromatic rings. The summed E-state index contributed by atoms with van der Waals surface area (Å²) in [6, 6.07) is 5.15. The Morgan fingerprint density at radius 1 is 1.47 bits per heavy atom. The fraction of sp³-hybridized carbons (Fsp3) is 0.333. The third-order valence-electron chi connectivity index (χ3n) is 1.84. The van der Waals surface area contributed by atoms with E-state index in [0.717, 1.165) is 5.56 Å². The maximum absolute atomic E-state index is 11.3. The molecule has 0 unspecified atom stereocenters. The minimum atomic E-state index is -3.29. The van der Waals surface area contributed by atoms with Crippen molar-refractivity contribution in [1.82, 2.24) is 0 Å². The molecule has 6 heteroatoms. The van der Waals surface area contributed by atoms with Crippen molar-refractivity contribution >= 4 is 31.6 Å². The molecular formula is C9H12BrNO3S. The van der Waals surface area contributed by atoms with Gasteiger partial charge in [0.2, 0.25) is 10.0 Å². The molecule has 1 N–H and O–H groups in total. The quantitative estimate of drug-likeness (QED) is 0.865. The SMILES string of the molecule is COc1ccc(NS(=O)(=O)CBr)c(C)c1. The Kier molecular flexibility index (Phi) is 3.98. The van der Waals surface area contributed by atoms with Crippen LogP contribution in [0.5, 0.6) is 5.75 Å². The molecule has 0 saturated carbocycles. The van der Waals surface area contributed by atoms with E-state index in [1.165, 1.54) is 0 Å². The molecule has 0 atom stereocenters. The number of nitrogens with one attached hydrogen (secondary N) is 1. The molecule has 1 aromatic carbocycles. The third kappa shape index (κ3) is 3.39. The van der Waals surface area contributed by atoms with E-state index in [0.29, 0.717) is 11.4 Å². The monoisotopic (exact) mass is 293 g/mol. The first-order chi connectivity index (χ1) is 6.98. The fourth-order valence-corrected chi connectivity index (χ4v) is 2.03. The van der Waals surface area contributed by atoms with Gasteiger partial charge in [-0.2, -0.15) is 0 Å². The van der Waals surface area contributed by atoms with Gasteiger partial charge in [-0.3, -0.25) is 4.72 Å². The summed E-state index contributed by atoms with van der Waals surface area (Å²) >= 11 is 2.91. The summed E-state index contributed by atoms with van der Waals surface area (Å²) in [5, 5.41) is 0. The average Bonchev–Trinajstić information content (AvgIpc) is 2.21. The van der Waals surface area contributed by atoms with Gasteiger partial charge < -0.3 is 4.74 Å². The number of hydrogen-bond donors (Lipinski definition) is 1. The van der Waals surface area contributed by atoms with E-state index in [2.05, 4.69) is 20.7 Å². The lowest BCUT2D eigenvalue weighted by atomic mass is 10.2. The van der Waals surface area contributed by atoms with Crippen LogP contribution >= 0.6 is 15.9 Å². The van der Waals surface area contributed by atoms with Crippen molar-refractivity contribution in [3.63, 3.8) is 0 Å². The largest absolute Gasteiger partial charge is 0.497 e. The predicted octanol–water partition coefficient (Wildman–Crippen LogP) is 2.10. The summed E-state index contributed by atoms with van der Waals surface area (Å²) in [5.74, 6) is 0.703. The normalized spacial score (nSPS) is 11.1. The number of benzene rings is 1. The van der Waals surface area contributed by atoms with Crippen LogP contribution in [0.15, 0.2) is 18.2 Å². The molecule has 0 aliphatic heterocycles. The first kappa shape index (κ1) is 12.3. The zero-order chi connectivity index (χ0) is 11.5. The number of hydrogen-bond acceptors (Lipinski definition) is 3. The Bertz CT molecular complexity index is 445. The van der Waals surface area contributed by atoms with Gasteiger partial charge in [0.25, 0.3) is 0 Å². The summed E-state index contributed by atoms with van der Waals surface area (Å²) < 4.78 is 29.9. The third-order valence-corrected chi connectivity index (χ3v) is 4.47. The van der Waals surface area contributed by atoms with Crippen LogP contribution in [0.1, 0.15) is 5.56 Å². The summed E-state index contributed by atoms with van der Waals surface area (Å²) in [6.07, 6.45) is 0. The highest BCUT2D eigenvalue weighted by molar-refractivity contribution is 9.10. The van der Waals surface area contributed by atoms with E-state index in [1.807, 2.05) is 6.92 Å². The van der Waals surface area contributed by atoms with Crippen LogP contribution in [0, 0.1) is 6.92 Å². The van der Waals surface area contributed by atoms with Crippen molar-refractivity contribution in [2.75, 3.05) is 16.5 Å². The van der Waals surface area contributed by atoms with Gasteiger partial charge in [-0.1, -0.05) is 15.9 Å². The van der Waals surface area contributed by atoms with Crippen LogP contribution in [-0.4, -0.2) is 20.2 Å². The topological polar surface area (TPSA) is 55.4 Å². The Morgan fingerprint density at radius 3 is 2.60 bits per heavy atom. The van der Waals surface area contributed by atoms with Crippen molar-refractivity contribution in [2.45, 2.75) is 6.92 Å². The van der Waals surface area contributed by atoms with E-state index < -0.39 is 10.0 Å². The maximum atomic E-state index is 11.3. The Labute approximate surface area is 97.8 Å². The number of alkyl halides is 1. The van der Waals surface area contributed by atoms with Gasteiger partial charge in [0, 0.05) is 0 Å². The highest BCUT2D eigenvalue weighted by Crippen LogP contribution is 2.22. The molecule has 0 aliphatic rings. The van der Waals surface area contributed by atoms with Crippen LogP contribution in [0.4, 0.5) is 5.69 Å². The van der Waals surface area contributed by atoms with Crippen molar-refractivity contribution in [3.05, 3.63) is 23.8 Å². The number of ether oxygens (including phenoxy) is 1. The number of halogens is 1. The van der Waals surface area contributed by atoms with Crippen LogP contribution in [0.3, 0.4) is 0 Å². The zero-order valence-electron chi connectivity index (χ0n) is 8.45. The summed E-state index contributed by atoms with van der Waals surface area (Å²) in [7, 11) is -1.72. The minimum Gasteiger partial charge on any atom is -0.497 e. The predicted molar refractivity (Wildman–Crippen MR) is 64.1 cm³/mol. The van der Waals surface area contributed by atoms with Crippen LogP contribution < -0.4 is 9.46 Å². The number of rotatable bonds is 4. The van der Waals surface area contributed by atoms with Gasteiger partial charge in [-0.25, -0.2) is 8.42 Å². The first-order valence-corrected chi connectivity index (χ1v) is 6.97. The molecule has 0 aromatic heterocycles. The first-order valence-electron chi connectivity index (χ1n) is 4.19. The zero-order valence-corrected chi connectivity index (χ0v) is 10.9. The maximum Gasteiger partial charge on any atom is 0.242 e. The number of methoxy groups -OCH3 is 1. The fourth-order valence-electron chi connectivity index (χ4n) is 1.07. The second kappa shape index (κ2) is 4.85. The van der Waals surface area contributed by atoms with Crippen LogP contribution in [-0.2, 0) is 10.0 Å². The molecule has 84 valence electrons. The van der Waals surface area contributed by atoms with E-state index in [-0.39, 0.29) is 4.66 Å². The summed E-state index contributed by atoms with van der Waals surface area (Å²) in [4.78, 5) is 0. The highest BCUT2D eigenvalue weighted by Gasteiger charge is 2.09. The van der Waals surface area contributed by atoms with Gasteiger partial charge >= 0.3 is 0 Å². The molecule has 0 aliphatic carbocycles. The lowest BCUT2D eigenvalue weighted by molar-refractivity contribution is 0.414. The Morgan fingerprint density at radius 2 is 2.13 bits per heavy atom. The smallest absolute Gasteiger partial charge is 0.242 e. The van der Waals surface area contributed by atoms with Crippen molar-refractivity contribution in [1.29, 1.82) is 0 Å². The molecule has 4 nitrogen and oxygen atoms in total. The number of sulfonamides is 1. The van der Waals surface area contributed by atoms with Gasteiger partial charge in [-0.15, -0.1) is 0 Å². The summed E-state index contributed by atoms with van der Waals surface area (Å²) in [5.41, 5.74) is 1.38. The number of anilines is 1. The molecule has 15 heavy (non-hydrogen) atoms. The van der Waals surface area contributed by atoms with E-state index in [9.17, 15) is 8.42 Å².